The fourth-order valence-corrected chi connectivity index (χ4v) is 4.48. The zero-order valence-corrected chi connectivity index (χ0v) is 13.3. The molecule has 2 aromatic rings. The maximum Gasteiger partial charge on any atom is 0.273 e. The van der Waals surface area contributed by atoms with Gasteiger partial charge in [0.15, 0.2) is 0 Å². The first-order chi connectivity index (χ1) is 9.63. The number of carbonyl (C=O) groups is 1. The lowest BCUT2D eigenvalue weighted by Crippen LogP contribution is -2.42. The fraction of sp³-hybridized carbons (Fsp3) is 0.467. The summed E-state index contributed by atoms with van der Waals surface area (Å²) in [5, 5.41) is 4.87. The van der Waals surface area contributed by atoms with E-state index in [0.29, 0.717) is 17.5 Å². The van der Waals surface area contributed by atoms with Crippen molar-refractivity contribution in [1.82, 2.24) is 9.88 Å². The summed E-state index contributed by atoms with van der Waals surface area (Å²) < 4.78 is 0. The average Bonchev–Trinajstić information content (AvgIpc) is 3.07. The highest BCUT2D eigenvalue weighted by Crippen LogP contribution is 2.29. The Morgan fingerprint density at radius 3 is 2.70 bits per heavy atom. The van der Waals surface area contributed by atoms with Gasteiger partial charge < -0.3 is 4.90 Å². The molecule has 0 saturated carbocycles. The van der Waals surface area contributed by atoms with Crippen molar-refractivity contribution >= 4 is 28.6 Å². The molecule has 0 spiro atoms. The summed E-state index contributed by atoms with van der Waals surface area (Å²) in [5.74, 6) is 1.25. The first-order valence-electron chi connectivity index (χ1n) is 6.92. The lowest BCUT2D eigenvalue weighted by Gasteiger charge is -2.34. The molecule has 0 aliphatic carbocycles. The molecule has 1 amide bonds. The van der Waals surface area contributed by atoms with Crippen LogP contribution in [-0.2, 0) is 0 Å². The molecule has 1 aliphatic heterocycles. The number of thiophene rings is 1. The molecule has 2 unspecified atom stereocenters. The molecule has 0 bridgehead atoms. The van der Waals surface area contributed by atoms with Gasteiger partial charge in [-0.25, -0.2) is 4.98 Å². The molecule has 0 aromatic carbocycles. The van der Waals surface area contributed by atoms with Crippen LogP contribution in [0.1, 0.15) is 30.8 Å². The molecule has 0 N–H and O–H groups in total. The van der Waals surface area contributed by atoms with Crippen molar-refractivity contribution in [3.05, 3.63) is 28.6 Å². The molecule has 20 heavy (non-hydrogen) atoms. The normalized spacial score (nSPS) is 23.0. The molecule has 3 rings (SSSR count). The van der Waals surface area contributed by atoms with E-state index in [0.717, 1.165) is 23.0 Å². The smallest absolute Gasteiger partial charge is 0.273 e. The number of rotatable bonds is 2. The Morgan fingerprint density at radius 1 is 1.30 bits per heavy atom. The van der Waals surface area contributed by atoms with Crippen molar-refractivity contribution < 1.29 is 4.79 Å². The SMILES string of the molecule is CC1CC(C)CN(C(=O)c2csc(-c3cccs3)n2)C1. The maximum atomic E-state index is 12.5. The minimum absolute atomic E-state index is 0.0856. The van der Waals surface area contributed by atoms with Gasteiger partial charge in [0, 0.05) is 18.5 Å². The van der Waals surface area contributed by atoms with Gasteiger partial charge in [-0.3, -0.25) is 4.79 Å². The van der Waals surface area contributed by atoms with E-state index >= 15 is 0 Å². The number of aromatic nitrogens is 1. The molecule has 106 valence electrons. The number of hydrogen-bond acceptors (Lipinski definition) is 4. The van der Waals surface area contributed by atoms with E-state index in [1.165, 1.54) is 6.42 Å². The van der Waals surface area contributed by atoms with Crippen molar-refractivity contribution in [1.29, 1.82) is 0 Å². The number of amides is 1. The van der Waals surface area contributed by atoms with Crippen LogP contribution in [0.2, 0.25) is 0 Å². The Hall–Kier alpha value is -1.20. The third-order valence-corrected chi connectivity index (χ3v) is 5.49. The summed E-state index contributed by atoms with van der Waals surface area (Å²) >= 11 is 3.21. The van der Waals surface area contributed by atoms with Crippen molar-refractivity contribution in [2.75, 3.05) is 13.1 Å². The Labute approximate surface area is 127 Å². The zero-order valence-electron chi connectivity index (χ0n) is 11.7. The summed E-state index contributed by atoms with van der Waals surface area (Å²) in [4.78, 5) is 20.2. The summed E-state index contributed by atoms with van der Waals surface area (Å²) in [7, 11) is 0. The predicted molar refractivity (Wildman–Crippen MR) is 84.3 cm³/mol. The van der Waals surface area contributed by atoms with Crippen LogP contribution >= 0.6 is 22.7 Å². The van der Waals surface area contributed by atoms with E-state index in [2.05, 4.69) is 18.8 Å². The third kappa shape index (κ3) is 2.79. The molecule has 1 fully saturated rings. The number of thiazole rings is 1. The summed E-state index contributed by atoms with van der Waals surface area (Å²) in [6.45, 7) is 6.15. The molecule has 1 aliphatic rings. The van der Waals surface area contributed by atoms with Crippen LogP contribution in [-0.4, -0.2) is 28.9 Å². The molecule has 0 radical (unpaired) electrons. The summed E-state index contributed by atoms with van der Waals surface area (Å²) in [6, 6.07) is 4.06. The zero-order chi connectivity index (χ0) is 14.1. The van der Waals surface area contributed by atoms with Crippen molar-refractivity contribution in [2.24, 2.45) is 11.8 Å². The lowest BCUT2D eigenvalue weighted by molar-refractivity contribution is 0.0618. The maximum absolute atomic E-state index is 12.5. The first-order valence-corrected chi connectivity index (χ1v) is 8.68. The summed E-state index contributed by atoms with van der Waals surface area (Å²) in [6.07, 6.45) is 1.21. The van der Waals surface area contributed by atoms with E-state index in [-0.39, 0.29) is 5.91 Å². The molecule has 2 atom stereocenters. The van der Waals surface area contributed by atoms with Crippen LogP contribution in [0.3, 0.4) is 0 Å². The molecule has 2 aromatic heterocycles. The minimum atomic E-state index is 0.0856. The van der Waals surface area contributed by atoms with Crippen LogP contribution < -0.4 is 0 Å². The second kappa shape index (κ2) is 5.66. The molecule has 3 nitrogen and oxygen atoms in total. The third-order valence-electron chi connectivity index (χ3n) is 3.61. The highest BCUT2D eigenvalue weighted by atomic mass is 32.1. The molecule has 5 heteroatoms. The van der Waals surface area contributed by atoms with Crippen molar-refractivity contribution in [3.63, 3.8) is 0 Å². The number of hydrogen-bond donors (Lipinski definition) is 0. The second-order valence-electron chi connectivity index (χ2n) is 5.67. The molecular formula is C15H18N2OS2. The van der Waals surface area contributed by atoms with Crippen molar-refractivity contribution in [3.8, 4) is 9.88 Å². The number of nitrogens with zero attached hydrogens (tertiary/aromatic N) is 2. The van der Waals surface area contributed by atoms with Gasteiger partial charge in [-0.2, -0.15) is 0 Å². The standard InChI is InChI=1S/C15H18N2OS2/c1-10-6-11(2)8-17(7-10)15(18)12-9-20-14(16-12)13-4-3-5-19-13/h3-5,9-11H,6-8H2,1-2H3. The van der Waals surface area contributed by atoms with E-state index in [9.17, 15) is 4.79 Å². The topological polar surface area (TPSA) is 33.2 Å². The van der Waals surface area contributed by atoms with Gasteiger partial charge in [-0.1, -0.05) is 19.9 Å². The van der Waals surface area contributed by atoms with Gasteiger partial charge >= 0.3 is 0 Å². The van der Waals surface area contributed by atoms with Crippen LogP contribution in [0.25, 0.3) is 9.88 Å². The monoisotopic (exact) mass is 306 g/mol. The largest absolute Gasteiger partial charge is 0.337 e. The van der Waals surface area contributed by atoms with Gasteiger partial charge in [0.05, 0.1) is 4.88 Å². The minimum Gasteiger partial charge on any atom is -0.337 e. The Balaban J connectivity index is 1.77. The molecule has 3 heterocycles. The Morgan fingerprint density at radius 2 is 2.05 bits per heavy atom. The van der Waals surface area contributed by atoms with E-state index in [1.807, 2.05) is 27.8 Å². The molecular weight excluding hydrogens is 288 g/mol. The predicted octanol–water partition coefficient (Wildman–Crippen LogP) is 3.99. The Kier molecular flexibility index (Phi) is 3.89. The van der Waals surface area contributed by atoms with Crippen LogP contribution in [0.15, 0.2) is 22.9 Å². The van der Waals surface area contributed by atoms with Crippen molar-refractivity contribution in [2.45, 2.75) is 20.3 Å². The Bertz CT molecular complexity index is 581. The van der Waals surface area contributed by atoms with Crippen LogP contribution in [0.4, 0.5) is 0 Å². The van der Waals surface area contributed by atoms with Crippen LogP contribution in [0.5, 0.6) is 0 Å². The second-order valence-corrected chi connectivity index (χ2v) is 7.48. The molecule has 1 saturated heterocycles. The van der Waals surface area contributed by atoms with Gasteiger partial charge in [-0.05, 0) is 29.7 Å². The van der Waals surface area contributed by atoms with E-state index in [1.54, 1.807) is 22.7 Å². The van der Waals surface area contributed by atoms with Crippen LogP contribution in [0, 0.1) is 11.8 Å². The van der Waals surface area contributed by atoms with Gasteiger partial charge in [0.2, 0.25) is 0 Å². The summed E-state index contributed by atoms with van der Waals surface area (Å²) in [5.41, 5.74) is 0.597. The first kappa shape index (κ1) is 13.8. The highest BCUT2D eigenvalue weighted by molar-refractivity contribution is 7.20. The fourth-order valence-electron chi connectivity index (χ4n) is 2.88. The lowest BCUT2D eigenvalue weighted by atomic mass is 9.92. The van der Waals surface area contributed by atoms with E-state index < -0.39 is 0 Å². The number of piperidine rings is 1. The van der Waals surface area contributed by atoms with Gasteiger partial charge in [0.25, 0.3) is 5.91 Å². The highest BCUT2D eigenvalue weighted by Gasteiger charge is 2.27. The van der Waals surface area contributed by atoms with E-state index in [4.69, 9.17) is 0 Å². The number of likely N-dealkylation sites (tertiary alicyclic amines) is 1. The van der Waals surface area contributed by atoms with Gasteiger partial charge in [-0.15, -0.1) is 22.7 Å². The quantitative estimate of drug-likeness (QED) is 0.840. The number of carbonyl (C=O) groups excluding carboxylic acids is 1. The van der Waals surface area contributed by atoms with Gasteiger partial charge in [0.1, 0.15) is 10.7 Å². The average molecular weight is 306 g/mol.